The van der Waals surface area contributed by atoms with Crippen LogP contribution < -0.4 is 10.5 Å². The predicted octanol–water partition coefficient (Wildman–Crippen LogP) is 1.29. The Morgan fingerprint density at radius 2 is 2.20 bits per heavy atom. The highest BCUT2D eigenvalue weighted by atomic mass is 79.9. The summed E-state index contributed by atoms with van der Waals surface area (Å²) in [4.78, 5) is 4.29. The molecule has 1 aromatic heterocycles. The van der Waals surface area contributed by atoms with Gasteiger partial charge in [0.05, 0.1) is 4.90 Å². The third-order valence-electron chi connectivity index (χ3n) is 2.84. The van der Waals surface area contributed by atoms with E-state index in [-0.39, 0.29) is 11.4 Å². The number of sulfonamides is 1. The fourth-order valence-electron chi connectivity index (χ4n) is 1.71. The van der Waals surface area contributed by atoms with E-state index in [1.54, 1.807) is 12.3 Å². The van der Waals surface area contributed by atoms with E-state index in [1.807, 2.05) is 17.8 Å². The van der Waals surface area contributed by atoms with E-state index in [1.165, 1.54) is 12.1 Å². The van der Waals surface area contributed by atoms with Crippen LogP contribution in [0.15, 0.2) is 40.0 Å². The van der Waals surface area contributed by atoms with Crippen molar-refractivity contribution in [3.8, 4) is 0 Å². The molecule has 1 heterocycles. The summed E-state index contributed by atoms with van der Waals surface area (Å²) in [6.45, 7) is 0.281. The first-order valence-electron chi connectivity index (χ1n) is 5.91. The van der Waals surface area contributed by atoms with Crippen LogP contribution in [0.2, 0.25) is 0 Å². The van der Waals surface area contributed by atoms with Gasteiger partial charge in [0, 0.05) is 42.6 Å². The summed E-state index contributed by atoms with van der Waals surface area (Å²) in [5, 5.41) is 0. The van der Waals surface area contributed by atoms with Crippen LogP contribution in [0.5, 0.6) is 0 Å². The minimum atomic E-state index is -3.55. The van der Waals surface area contributed by atoms with Gasteiger partial charge in [0.2, 0.25) is 10.0 Å². The van der Waals surface area contributed by atoms with Crippen molar-refractivity contribution in [1.29, 1.82) is 0 Å². The van der Waals surface area contributed by atoms with Crippen LogP contribution in [0.3, 0.4) is 0 Å². The molecule has 8 heteroatoms. The molecule has 3 N–H and O–H groups in total. The minimum absolute atomic E-state index is 0.151. The zero-order valence-corrected chi connectivity index (χ0v) is 13.3. The van der Waals surface area contributed by atoms with Gasteiger partial charge in [0.15, 0.2) is 0 Å². The van der Waals surface area contributed by atoms with E-state index in [9.17, 15) is 8.42 Å². The first-order chi connectivity index (χ1) is 9.40. The second kappa shape index (κ2) is 5.94. The number of nitrogens with one attached hydrogen (secondary N) is 1. The van der Waals surface area contributed by atoms with Gasteiger partial charge in [-0.25, -0.2) is 18.1 Å². The Balaban J connectivity index is 2.04. The van der Waals surface area contributed by atoms with Crippen LogP contribution in [-0.2, 0) is 23.5 Å². The number of nitrogens with two attached hydrogens (primary N) is 1. The molecule has 0 spiro atoms. The van der Waals surface area contributed by atoms with E-state index in [0.717, 1.165) is 5.82 Å². The molecule has 0 aliphatic carbocycles. The number of anilines is 1. The Kier molecular flexibility index (Phi) is 4.46. The summed E-state index contributed by atoms with van der Waals surface area (Å²) in [5.41, 5.74) is 6.08. The summed E-state index contributed by atoms with van der Waals surface area (Å²) in [7, 11) is -1.69. The molecule has 6 nitrogen and oxygen atoms in total. The average molecular weight is 359 g/mol. The maximum Gasteiger partial charge on any atom is 0.240 e. The van der Waals surface area contributed by atoms with Gasteiger partial charge in [-0.3, -0.25) is 0 Å². The number of hydrogen-bond donors (Lipinski definition) is 2. The summed E-state index contributed by atoms with van der Waals surface area (Å²) in [5.74, 6) is 0.822. The molecule has 0 bridgehead atoms. The second-order valence-electron chi connectivity index (χ2n) is 4.29. The standard InChI is InChI=1S/C12H15BrN4O2S/c1-17-7-6-15-12(17)4-5-16-20(18,19)9-2-3-10(13)11(14)8-9/h2-3,6-8,16H,4-5,14H2,1H3. The van der Waals surface area contributed by atoms with Gasteiger partial charge >= 0.3 is 0 Å². The Bertz CT molecular complexity index is 712. The van der Waals surface area contributed by atoms with Crippen LogP contribution in [0.4, 0.5) is 5.69 Å². The topological polar surface area (TPSA) is 90.0 Å². The largest absolute Gasteiger partial charge is 0.398 e. The Hall–Kier alpha value is -1.38. The lowest BCUT2D eigenvalue weighted by atomic mass is 10.3. The van der Waals surface area contributed by atoms with Crippen molar-refractivity contribution in [2.75, 3.05) is 12.3 Å². The van der Waals surface area contributed by atoms with E-state index in [0.29, 0.717) is 16.6 Å². The van der Waals surface area contributed by atoms with Crippen LogP contribution in [-0.4, -0.2) is 24.5 Å². The number of nitrogens with zero attached hydrogens (tertiary/aromatic N) is 2. The number of rotatable bonds is 5. The van der Waals surface area contributed by atoms with Gasteiger partial charge in [0.25, 0.3) is 0 Å². The van der Waals surface area contributed by atoms with E-state index in [2.05, 4.69) is 25.6 Å². The number of aryl methyl sites for hydroxylation is 1. The first-order valence-corrected chi connectivity index (χ1v) is 8.18. The van der Waals surface area contributed by atoms with Crippen LogP contribution in [0.25, 0.3) is 0 Å². The number of aromatic nitrogens is 2. The maximum atomic E-state index is 12.1. The van der Waals surface area contributed by atoms with Crippen LogP contribution in [0.1, 0.15) is 5.82 Å². The average Bonchev–Trinajstić information content (AvgIpc) is 2.78. The highest BCUT2D eigenvalue weighted by Crippen LogP contribution is 2.22. The molecule has 108 valence electrons. The lowest BCUT2D eigenvalue weighted by Crippen LogP contribution is -2.26. The van der Waals surface area contributed by atoms with Gasteiger partial charge in [-0.15, -0.1) is 0 Å². The molecule has 0 fully saturated rings. The van der Waals surface area contributed by atoms with Crippen LogP contribution in [0, 0.1) is 0 Å². The third-order valence-corrected chi connectivity index (χ3v) is 5.02. The van der Waals surface area contributed by atoms with Crippen LogP contribution >= 0.6 is 15.9 Å². The van der Waals surface area contributed by atoms with Crippen molar-refractivity contribution in [3.05, 3.63) is 40.9 Å². The second-order valence-corrected chi connectivity index (χ2v) is 6.91. The Labute approximate surface area is 126 Å². The molecule has 0 atom stereocenters. The fourth-order valence-corrected chi connectivity index (χ4v) is 3.02. The van der Waals surface area contributed by atoms with Crippen molar-refractivity contribution < 1.29 is 8.42 Å². The molecule has 0 radical (unpaired) electrons. The highest BCUT2D eigenvalue weighted by Gasteiger charge is 2.14. The molecule has 0 aliphatic heterocycles. The number of benzene rings is 1. The number of halogens is 1. The molecule has 20 heavy (non-hydrogen) atoms. The predicted molar refractivity (Wildman–Crippen MR) is 80.7 cm³/mol. The summed E-state index contributed by atoms with van der Waals surface area (Å²) in [6.07, 6.45) is 4.02. The maximum absolute atomic E-state index is 12.1. The SMILES string of the molecule is Cn1ccnc1CCNS(=O)(=O)c1ccc(Br)c(N)c1. The smallest absolute Gasteiger partial charge is 0.240 e. The van der Waals surface area contributed by atoms with Crippen molar-refractivity contribution in [3.63, 3.8) is 0 Å². The summed E-state index contributed by atoms with van der Waals surface area (Å²) in [6, 6.07) is 4.54. The number of nitrogen functional groups attached to an aromatic ring is 1. The monoisotopic (exact) mass is 358 g/mol. The van der Waals surface area contributed by atoms with Gasteiger partial charge in [-0.2, -0.15) is 0 Å². The molecular formula is C12H15BrN4O2S. The van der Waals surface area contributed by atoms with Crippen molar-refractivity contribution in [2.24, 2.45) is 7.05 Å². The molecule has 2 aromatic rings. The van der Waals surface area contributed by atoms with E-state index in [4.69, 9.17) is 5.73 Å². The quantitative estimate of drug-likeness (QED) is 0.787. The molecule has 0 saturated carbocycles. The van der Waals surface area contributed by atoms with Crippen molar-refractivity contribution in [2.45, 2.75) is 11.3 Å². The van der Waals surface area contributed by atoms with Crippen molar-refractivity contribution >= 4 is 31.6 Å². The molecule has 0 aliphatic rings. The molecule has 1 aromatic carbocycles. The lowest BCUT2D eigenvalue weighted by Gasteiger charge is -2.08. The molecule has 0 saturated heterocycles. The number of imidazole rings is 1. The van der Waals surface area contributed by atoms with Gasteiger partial charge in [-0.1, -0.05) is 0 Å². The van der Waals surface area contributed by atoms with Gasteiger partial charge < -0.3 is 10.3 Å². The fraction of sp³-hybridized carbons (Fsp3) is 0.250. The molecular weight excluding hydrogens is 344 g/mol. The molecule has 0 amide bonds. The van der Waals surface area contributed by atoms with E-state index >= 15 is 0 Å². The summed E-state index contributed by atoms with van der Waals surface area (Å²) < 4.78 is 29.3. The lowest BCUT2D eigenvalue weighted by molar-refractivity contribution is 0.580. The van der Waals surface area contributed by atoms with E-state index < -0.39 is 10.0 Å². The third kappa shape index (κ3) is 3.38. The summed E-state index contributed by atoms with van der Waals surface area (Å²) >= 11 is 3.23. The van der Waals surface area contributed by atoms with Gasteiger partial charge in [0.1, 0.15) is 5.82 Å². The number of hydrogen-bond acceptors (Lipinski definition) is 4. The Morgan fingerprint density at radius 1 is 1.45 bits per heavy atom. The zero-order valence-electron chi connectivity index (χ0n) is 10.9. The Morgan fingerprint density at radius 3 is 2.80 bits per heavy atom. The van der Waals surface area contributed by atoms with Crippen molar-refractivity contribution in [1.82, 2.24) is 14.3 Å². The zero-order chi connectivity index (χ0) is 14.8. The minimum Gasteiger partial charge on any atom is -0.398 e. The normalized spacial score (nSPS) is 11.7. The van der Waals surface area contributed by atoms with Gasteiger partial charge in [-0.05, 0) is 34.1 Å². The molecule has 0 unspecified atom stereocenters. The first kappa shape index (κ1) is 15.0. The highest BCUT2D eigenvalue weighted by molar-refractivity contribution is 9.10. The molecule has 2 rings (SSSR count).